The zero-order valence-electron chi connectivity index (χ0n) is 13.3. The van der Waals surface area contributed by atoms with E-state index in [0.29, 0.717) is 5.92 Å². The van der Waals surface area contributed by atoms with Gasteiger partial charge in [0, 0.05) is 0 Å². The highest BCUT2D eigenvalue weighted by Crippen LogP contribution is 2.24. The number of nitrogens with one attached hydrogen (secondary N) is 1. The van der Waals surface area contributed by atoms with E-state index in [2.05, 4.69) is 74.7 Å². The predicted molar refractivity (Wildman–Crippen MR) is 90.1 cm³/mol. The Bertz CT molecular complexity index is 541. The van der Waals surface area contributed by atoms with Crippen molar-refractivity contribution in [3.05, 3.63) is 70.8 Å². The number of hydrogen-bond donors (Lipinski definition) is 2. The van der Waals surface area contributed by atoms with Crippen LogP contribution in [0, 0.1) is 0 Å². The highest BCUT2D eigenvalue weighted by atomic mass is 15.2. The molecule has 0 aromatic heterocycles. The third-order valence-electron chi connectivity index (χ3n) is 3.95. The third-order valence-corrected chi connectivity index (χ3v) is 3.95. The summed E-state index contributed by atoms with van der Waals surface area (Å²) in [7, 11) is 0. The van der Waals surface area contributed by atoms with Crippen molar-refractivity contribution >= 4 is 0 Å². The summed E-state index contributed by atoms with van der Waals surface area (Å²) in [6.07, 6.45) is 2.30. The third kappa shape index (κ3) is 3.93. The molecule has 0 aliphatic heterocycles. The molecule has 2 nitrogen and oxygen atoms in total. The first kappa shape index (κ1) is 15.7. The Labute approximate surface area is 128 Å². The Hall–Kier alpha value is -1.64. The van der Waals surface area contributed by atoms with Crippen LogP contribution in [0.2, 0.25) is 0 Å². The van der Waals surface area contributed by atoms with Crippen LogP contribution in [0.4, 0.5) is 0 Å². The van der Waals surface area contributed by atoms with Crippen LogP contribution in [0.5, 0.6) is 0 Å². The molecule has 0 bridgehead atoms. The quantitative estimate of drug-likeness (QED) is 0.612. The molecule has 3 N–H and O–H groups in total. The van der Waals surface area contributed by atoms with Gasteiger partial charge in [0.05, 0.1) is 6.04 Å². The van der Waals surface area contributed by atoms with E-state index in [4.69, 9.17) is 5.84 Å². The van der Waals surface area contributed by atoms with Crippen molar-refractivity contribution in [2.75, 3.05) is 0 Å². The van der Waals surface area contributed by atoms with Crippen molar-refractivity contribution in [3.8, 4) is 0 Å². The van der Waals surface area contributed by atoms with Gasteiger partial charge in [-0.25, -0.2) is 5.43 Å². The number of benzene rings is 2. The van der Waals surface area contributed by atoms with Gasteiger partial charge in [0.15, 0.2) is 0 Å². The molecule has 21 heavy (non-hydrogen) atoms. The van der Waals surface area contributed by atoms with Crippen LogP contribution < -0.4 is 11.3 Å². The van der Waals surface area contributed by atoms with Gasteiger partial charge in [-0.15, -0.1) is 0 Å². The minimum absolute atomic E-state index is 0.0434. The van der Waals surface area contributed by atoms with Crippen molar-refractivity contribution in [3.63, 3.8) is 0 Å². The highest BCUT2D eigenvalue weighted by Gasteiger charge is 2.12. The van der Waals surface area contributed by atoms with Crippen LogP contribution in [0.3, 0.4) is 0 Å². The second-order valence-electron chi connectivity index (χ2n) is 5.91. The van der Waals surface area contributed by atoms with Crippen LogP contribution >= 0.6 is 0 Å². The van der Waals surface area contributed by atoms with Gasteiger partial charge in [-0.05, 0) is 34.6 Å². The molecule has 2 heteroatoms. The van der Waals surface area contributed by atoms with Crippen LogP contribution in [-0.4, -0.2) is 0 Å². The Morgan fingerprint density at radius 3 is 1.76 bits per heavy atom. The van der Waals surface area contributed by atoms with E-state index >= 15 is 0 Å². The number of hydrogen-bond acceptors (Lipinski definition) is 2. The molecule has 0 fully saturated rings. The average Bonchev–Trinajstić information content (AvgIpc) is 2.50. The molecule has 2 rings (SSSR count). The van der Waals surface area contributed by atoms with Crippen molar-refractivity contribution in [1.29, 1.82) is 0 Å². The fraction of sp³-hybridized carbons (Fsp3) is 0.368. The van der Waals surface area contributed by atoms with Crippen LogP contribution in [-0.2, 0) is 6.42 Å². The van der Waals surface area contributed by atoms with E-state index in [0.717, 1.165) is 6.42 Å². The first-order chi connectivity index (χ1) is 10.2. The number of rotatable bonds is 6. The van der Waals surface area contributed by atoms with Crippen molar-refractivity contribution < 1.29 is 0 Å². The summed E-state index contributed by atoms with van der Waals surface area (Å²) in [6, 6.07) is 17.5. The van der Waals surface area contributed by atoms with E-state index in [1.54, 1.807) is 0 Å². The first-order valence-corrected chi connectivity index (χ1v) is 7.80. The van der Waals surface area contributed by atoms with Crippen LogP contribution in [0.25, 0.3) is 0 Å². The summed E-state index contributed by atoms with van der Waals surface area (Å²) >= 11 is 0. The molecule has 0 aliphatic carbocycles. The molecule has 0 amide bonds. The first-order valence-electron chi connectivity index (χ1n) is 7.80. The second-order valence-corrected chi connectivity index (χ2v) is 5.91. The van der Waals surface area contributed by atoms with Gasteiger partial charge in [0.2, 0.25) is 0 Å². The SMILES string of the molecule is CCCc1ccc(C(NN)c2ccc(C(C)C)cc2)cc1. The standard InChI is InChI=1S/C19H26N2/c1-4-5-15-6-8-17(9-7-15)19(21-20)18-12-10-16(11-13-18)14(2)3/h6-14,19,21H,4-5,20H2,1-3H3. The fourth-order valence-electron chi connectivity index (χ4n) is 2.62. The summed E-state index contributed by atoms with van der Waals surface area (Å²) in [5.41, 5.74) is 8.07. The molecular weight excluding hydrogens is 256 g/mol. The maximum Gasteiger partial charge on any atom is 0.0710 e. The van der Waals surface area contributed by atoms with Crippen molar-refractivity contribution in [2.24, 2.45) is 5.84 Å². The van der Waals surface area contributed by atoms with Crippen molar-refractivity contribution in [2.45, 2.75) is 45.6 Å². The van der Waals surface area contributed by atoms with Crippen LogP contribution in [0.1, 0.15) is 61.4 Å². The lowest BCUT2D eigenvalue weighted by Crippen LogP contribution is -2.28. The maximum atomic E-state index is 5.78. The monoisotopic (exact) mass is 282 g/mol. The van der Waals surface area contributed by atoms with Gasteiger partial charge >= 0.3 is 0 Å². The van der Waals surface area contributed by atoms with Gasteiger partial charge in [-0.2, -0.15) is 0 Å². The largest absolute Gasteiger partial charge is 0.271 e. The summed E-state index contributed by atoms with van der Waals surface area (Å²) in [6.45, 7) is 6.62. The Kier molecular flexibility index (Phi) is 5.54. The topological polar surface area (TPSA) is 38.0 Å². The van der Waals surface area contributed by atoms with E-state index in [1.165, 1.54) is 28.7 Å². The minimum atomic E-state index is 0.0434. The molecule has 2 aromatic carbocycles. The van der Waals surface area contributed by atoms with E-state index in [-0.39, 0.29) is 6.04 Å². The van der Waals surface area contributed by atoms with E-state index in [1.807, 2.05) is 0 Å². The molecule has 2 aromatic rings. The molecule has 112 valence electrons. The molecule has 1 unspecified atom stereocenters. The molecule has 1 atom stereocenters. The molecule has 0 heterocycles. The van der Waals surface area contributed by atoms with Gasteiger partial charge in [-0.3, -0.25) is 5.84 Å². The number of aryl methyl sites for hydroxylation is 1. The zero-order chi connectivity index (χ0) is 15.2. The van der Waals surface area contributed by atoms with Gasteiger partial charge in [-0.1, -0.05) is 75.7 Å². The molecule has 0 radical (unpaired) electrons. The molecule has 0 saturated heterocycles. The Balaban J connectivity index is 2.22. The lowest BCUT2D eigenvalue weighted by atomic mass is 9.95. The van der Waals surface area contributed by atoms with Gasteiger partial charge in [0.1, 0.15) is 0 Å². The summed E-state index contributed by atoms with van der Waals surface area (Å²) < 4.78 is 0. The predicted octanol–water partition coefficient (Wildman–Crippen LogP) is 4.32. The zero-order valence-corrected chi connectivity index (χ0v) is 13.3. The molecule has 0 saturated carbocycles. The molecular formula is C19H26N2. The minimum Gasteiger partial charge on any atom is -0.271 e. The Morgan fingerprint density at radius 1 is 0.857 bits per heavy atom. The lowest BCUT2D eigenvalue weighted by Gasteiger charge is -2.18. The van der Waals surface area contributed by atoms with Crippen LogP contribution in [0.15, 0.2) is 48.5 Å². The number of hydrazine groups is 1. The normalized spacial score (nSPS) is 12.6. The van der Waals surface area contributed by atoms with Crippen molar-refractivity contribution in [1.82, 2.24) is 5.43 Å². The summed E-state index contributed by atoms with van der Waals surface area (Å²) in [5, 5.41) is 0. The Morgan fingerprint density at radius 2 is 1.33 bits per heavy atom. The van der Waals surface area contributed by atoms with E-state index < -0.39 is 0 Å². The van der Waals surface area contributed by atoms with E-state index in [9.17, 15) is 0 Å². The van der Waals surface area contributed by atoms with Gasteiger partial charge in [0.25, 0.3) is 0 Å². The molecule has 0 aliphatic rings. The molecule has 0 spiro atoms. The smallest absolute Gasteiger partial charge is 0.0710 e. The van der Waals surface area contributed by atoms with Gasteiger partial charge < -0.3 is 0 Å². The highest BCUT2D eigenvalue weighted by molar-refractivity contribution is 5.35. The fourth-order valence-corrected chi connectivity index (χ4v) is 2.62. The average molecular weight is 282 g/mol. The lowest BCUT2D eigenvalue weighted by molar-refractivity contribution is 0.636. The second kappa shape index (κ2) is 7.39. The summed E-state index contributed by atoms with van der Waals surface area (Å²) in [5.74, 6) is 6.33. The maximum absolute atomic E-state index is 5.78. The summed E-state index contributed by atoms with van der Waals surface area (Å²) in [4.78, 5) is 0. The number of nitrogens with two attached hydrogens (primary N) is 1.